The minimum atomic E-state index is -3.26. The van der Waals surface area contributed by atoms with Crippen LogP contribution in [0.2, 0.25) is 0 Å². The second-order valence-electron chi connectivity index (χ2n) is 4.95. The van der Waals surface area contributed by atoms with Gasteiger partial charge >= 0.3 is 0 Å². The average molecular weight is 316 g/mol. The van der Waals surface area contributed by atoms with Crippen LogP contribution in [0.4, 0.5) is 0 Å². The number of aromatic nitrogens is 1. The topological polar surface area (TPSA) is 86.2 Å². The average Bonchev–Trinajstić information content (AvgIpc) is 2.98. The highest BCUT2D eigenvalue weighted by Gasteiger charge is 2.15. The SMILES string of the molecule is CCS(=O)(=O)c1ccc2nc(-c3ccc(CN)cc3)oc2c1. The molecule has 0 fully saturated rings. The molecule has 6 heteroatoms. The van der Waals surface area contributed by atoms with E-state index < -0.39 is 9.84 Å². The third kappa shape index (κ3) is 2.63. The maximum Gasteiger partial charge on any atom is 0.227 e. The Morgan fingerprint density at radius 2 is 1.86 bits per heavy atom. The lowest BCUT2D eigenvalue weighted by Gasteiger charge is -1.99. The van der Waals surface area contributed by atoms with E-state index in [1.54, 1.807) is 19.1 Å². The van der Waals surface area contributed by atoms with Crippen molar-refractivity contribution < 1.29 is 12.8 Å². The second kappa shape index (κ2) is 5.55. The summed E-state index contributed by atoms with van der Waals surface area (Å²) in [6, 6.07) is 12.4. The third-order valence-electron chi connectivity index (χ3n) is 3.54. The van der Waals surface area contributed by atoms with E-state index in [9.17, 15) is 8.42 Å². The van der Waals surface area contributed by atoms with Crippen LogP contribution in [0.3, 0.4) is 0 Å². The molecule has 0 aliphatic heterocycles. The summed E-state index contributed by atoms with van der Waals surface area (Å²) >= 11 is 0. The number of rotatable bonds is 4. The van der Waals surface area contributed by atoms with Crippen LogP contribution < -0.4 is 5.73 Å². The predicted molar refractivity (Wildman–Crippen MR) is 85.1 cm³/mol. The van der Waals surface area contributed by atoms with Gasteiger partial charge in [0.1, 0.15) is 5.52 Å². The fourth-order valence-corrected chi connectivity index (χ4v) is 3.07. The molecule has 22 heavy (non-hydrogen) atoms. The highest BCUT2D eigenvalue weighted by atomic mass is 32.2. The minimum absolute atomic E-state index is 0.0556. The van der Waals surface area contributed by atoms with Crippen molar-refractivity contribution >= 4 is 20.9 Å². The van der Waals surface area contributed by atoms with Crippen molar-refractivity contribution in [1.82, 2.24) is 4.98 Å². The van der Waals surface area contributed by atoms with Gasteiger partial charge in [0.15, 0.2) is 15.4 Å². The van der Waals surface area contributed by atoms with Crippen LogP contribution in [-0.2, 0) is 16.4 Å². The number of nitrogens with zero attached hydrogens (tertiary/aromatic N) is 1. The van der Waals surface area contributed by atoms with Crippen LogP contribution in [0.1, 0.15) is 12.5 Å². The van der Waals surface area contributed by atoms with Gasteiger partial charge in [0, 0.05) is 18.2 Å². The summed E-state index contributed by atoms with van der Waals surface area (Å²) in [6.07, 6.45) is 0. The molecule has 0 aliphatic carbocycles. The lowest BCUT2D eigenvalue weighted by molar-refractivity contribution is 0.595. The second-order valence-corrected chi connectivity index (χ2v) is 7.23. The first kappa shape index (κ1) is 14.7. The summed E-state index contributed by atoms with van der Waals surface area (Å²) in [6.45, 7) is 2.09. The standard InChI is InChI=1S/C16H16N2O3S/c1-2-22(19,20)13-7-8-14-15(9-13)21-16(18-14)12-5-3-11(10-17)4-6-12/h3-9H,2,10,17H2,1H3. The Labute approximate surface area is 128 Å². The molecule has 1 heterocycles. The normalized spacial score (nSPS) is 11.9. The molecule has 0 saturated heterocycles. The summed E-state index contributed by atoms with van der Waals surface area (Å²) in [4.78, 5) is 4.65. The summed E-state index contributed by atoms with van der Waals surface area (Å²) in [5.41, 5.74) is 8.52. The van der Waals surface area contributed by atoms with Gasteiger partial charge < -0.3 is 10.2 Å². The summed E-state index contributed by atoms with van der Waals surface area (Å²) in [7, 11) is -3.26. The summed E-state index contributed by atoms with van der Waals surface area (Å²) in [5, 5.41) is 0. The van der Waals surface area contributed by atoms with Crippen molar-refractivity contribution in [1.29, 1.82) is 0 Å². The molecular formula is C16H16N2O3S. The summed E-state index contributed by atoms with van der Waals surface area (Å²) in [5.74, 6) is 0.518. The van der Waals surface area contributed by atoms with Gasteiger partial charge in [0.25, 0.3) is 0 Å². The molecule has 2 N–H and O–H groups in total. The van der Waals surface area contributed by atoms with Crippen molar-refractivity contribution in [2.45, 2.75) is 18.4 Å². The highest BCUT2D eigenvalue weighted by molar-refractivity contribution is 7.91. The zero-order valence-corrected chi connectivity index (χ0v) is 12.9. The van der Waals surface area contributed by atoms with Crippen LogP contribution in [0, 0.1) is 0 Å². The van der Waals surface area contributed by atoms with Crippen LogP contribution in [-0.4, -0.2) is 19.2 Å². The molecule has 3 rings (SSSR count). The van der Waals surface area contributed by atoms with Crippen LogP contribution in [0.15, 0.2) is 51.8 Å². The molecule has 0 saturated carbocycles. The monoisotopic (exact) mass is 316 g/mol. The number of benzene rings is 2. The van der Waals surface area contributed by atoms with Crippen LogP contribution in [0.5, 0.6) is 0 Å². The molecule has 0 aliphatic rings. The molecule has 3 aromatic rings. The van der Waals surface area contributed by atoms with E-state index in [0.717, 1.165) is 11.1 Å². The molecule has 2 aromatic carbocycles. The van der Waals surface area contributed by atoms with E-state index in [1.807, 2.05) is 24.3 Å². The number of nitrogens with two attached hydrogens (primary N) is 1. The third-order valence-corrected chi connectivity index (χ3v) is 5.27. The van der Waals surface area contributed by atoms with Gasteiger partial charge in [-0.25, -0.2) is 13.4 Å². The predicted octanol–water partition coefficient (Wildman–Crippen LogP) is 2.75. The first-order valence-electron chi connectivity index (χ1n) is 6.96. The van der Waals surface area contributed by atoms with Gasteiger partial charge in [-0.15, -0.1) is 0 Å². The van der Waals surface area contributed by atoms with E-state index in [4.69, 9.17) is 10.2 Å². The molecule has 0 radical (unpaired) electrons. The Balaban J connectivity index is 2.05. The van der Waals surface area contributed by atoms with Gasteiger partial charge in [0.05, 0.1) is 10.6 Å². The molecule has 1 aromatic heterocycles. The van der Waals surface area contributed by atoms with Gasteiger partial charge in [-0.2, -0.15) is 0 Å². The lowest BCUT2D eigenvalue weighted by atomic mass is 10.1. The van der Waals surface area contributed by atoms with Crippen LogP contribution in [0.25, 0.3) is 22.6 Å². The van der Waals surface area contributed by atoms with Gasteiger partial charge in [0.2, 0.25) is 5.89 Å². The quantitative estimate of drug-likeness (QED) is 0.800. The van der Waals surface area contributed by atoms with Gasteiger partial charge in [-0.1, -0.05) is 19.1 Å². The Bertz CT molecular complexity index is 912. The first-order chi connectivity index (χ1) is 10.5. The molecule has 114 valence electrons. The Morgan fingerprint density at radius 1 is 1.14 bits per heavy atom. The molecule has 0 amide bonds. The Kier molecular flexibility index (Phi) is 3.72. The Morgan fingerprint density at radius 3 is 2.50 bits per heavy atom. The van der Waals surface area contributed by atoms with E-state index in [2.05, 4.69) is 4.98 Å². The number of hydrogen-bond donors (Lipinski definition) is 1. The molecule has 0 unspecified atom stereocenters. The number of oxazole rings is 1. The van der Waals surface area contributed by atoms with Crippen molar-refractivity contribution in [3.05, 3.63) is 48.0 Å². The number of hydrogen-bond acceptors (Lipinski definition) is 5. The number of fused-ring (bicyclic) bond motifs is 1. The largest absolute Gasteiger partial charge is 0.436 e. The van der Waals surface area contributed by atoms with Crippen molar-refractivity contribution in [2.75, 3.05) is 5.75 Å². The van der Waals surface area contributed by atoms with E-state index in [1.165, 1.54) is 6.07 Å². The molecule has 0 spiro atoms. The Hall–Kier alpha value is -2.18. The van der Waals surface area contributed by atoms with Crippen molar-refractivity contribution in [2.24, 2.45) is 5.73 Å². The molecule has 0 bridgehead atoms. The molecule has 5 nitrogen and oxygen atoms in total. The zero-order chi connectivity index (χ0) is 15.7. The van der Waals surface area contributed by atoms with Gasteiger partial charge in [-0.05, 0) is 29.8 Å². The van der Waals surface area contributed by atoms with Crippen LogP contribution >= 0.6 is 0 Å². The fourth-order valence-electron chi connectivity index (χ4n) is 2.17. The maximum absolute atomic E-state index is 11.9. The van der Waals surface area contributed by atoms with Crippen molar-refractivity contribution in [3.63, 3.8) is 0 Å². The first-order valence-corrected chi connectivity index (χ1v) is 8.61. The molecular weight excluding hydrogens is 300 g/mol. The summed E-state index contributed by atoms with van der Waals surface area (Å²) < 4.78 is 29.5. The smallest absolute Gasteiger partial charge is 0.227 e. The fraction of sp³-hybridized carbons (Fsp3) is 0.188. The van der Waals surface area contributed by atoms with E-state index in [0.29, 0.717) is 23.5 Å². The number of sulfone groups is 1. The van der Waals surface area contributed by atoms with Crippen molar-refractivity contribution in [3.8, 4) is 11.5 Å². The lowest BCUT2D eigenvalue weighted by Crippen LogP contribution is -2.02. The maximum atomic E-state index is 11.9. The van der Waals surface area contributed by atoms with E-state index >= 15 is 0 Å². The minimum Gasteiger partial charge on any atom is -0.436 e. The van der Waals surface area contributed by atoms with Gasteiger partial charge in [-0.3, -0.25) is 0 Å². The zero-order valence-electron chi connectivity index (χ0n) is 12.1. The molecule has 0 atom stereocenters. The van der Waals surface area contributed by atoms with E-state index in [-0.39, 0.29) is 10.6 Å². The highest BCUT2D eigenvalue weighted by Crippen LogP contribution is 2.26.